The zero-order valence-electron chi connectivity index (χ0n) is 30.9. The lowest BCUT2D eigenvalue weighted by atomic mass is 9.92. The number of aliphatic carboxylic acids is 4. The summed E-state index contributed by atoms with van der Waals surface area (Å²) in [5, 5.41) is 45.8. The molecule has 15 nitrogen and oxygen atoms in total. The second kappa shape index (κ2) is 21.1. The van der Waals surface area contributed by atoms with Gasteiger partial charge in [-0.05, 0) is 79.1 Å². The van der Waals surface area contributed by atoms with Crippen LogP contribution in [0.15, 0.2) is 79.4 Å². The molecule has 0 saturated heterocycles. The Balaban J connectivity index is 0.000000254. The summed E-state index contributed by atoms with van der Waals surface area (Å²) in [7, 11) is 0. The summed E-state index contributed by atoms with van der Waals surface area (Å²) in [5.41, 5.74) is 20.4. The van der Waals surface area contributed by atoms with E-state index in [2.05, 4.69) is 15.0 Å². The molecule has 292 valence electrons. The Labute approximate surface area is 313 Å². The summed E-state index contributed by atoms with van der Waals surface area (Å²) in [5.74, 6) is -3.44. The second-order valence-corrected chi connectivity index (χ2v) is 13.7. The zero-order chi connectivity index (χ0) is 40.6. The van der Waals surface area contributed by atoms with Gasteiger partial charge >= 0.3 is 23.9 Å². The van der Waals surface area contributed by atoms with Crippen molar-refractivity contribution < 1.29 is 44.7 Å². The molecule has 2 aromatic carbocycles. The molecule has 3 aromatic heterocycles. The minimum absolute atomic E-state index is 0.000489. The Bertz CT molecular complexity index is 1960. The maximum absolute atomic E-state index is 10.6. The maximum atomic E-state index is 10.6. The molecule has 15 heteroatoms. The fourth-order valence-electron chi connectivity index (χ4n) is 5.43. The van der Waals surface area contributed by atoms with Gasteiger partial charge in [-0.3, -0.25) is 24.2 Å². The number of nitrogens with one attached hydrogen (secondary N) is 2. The van der Waals surface area contributed by atoms with Crippen molar-refractivity contribution in [3.63, 3.8) is 0 Å². The molecular formula is C39H52N6O9. The Morgan fingerprint density at radius 2 is 1.41 bits per heavy atom. The first-order valence-electron chi connectivity index (χ1n) is 17.2. The fourth-order valence-corrected chi connectivity index (χ4v) is 5.43. The third-order valence-electron chi connectivity index (χ3n) is 8.11. The van der Waals surface area contributed by atoms with Crippen LogP contribution in [0.1, 0.15) is 57.2 Å². The zero-order valence-corrected chi connectivity index (χ0v) is 30.9. The number of hydrogen-bond acceptors (Lipinski definition) is 9. The first kappa shape index (κ1) is 44.4. The molecule has 0 amide bonds. The predicted octanol–water partition coefficient (Wildman–Crippen LogP) is 4.52. The highest BCUT2D eigenvalue weighted by molar-refractivity contribution is 5.86. The Morgan fingerprint density at radius 3 is 1.93 bits per heavy atom. The molecule has 0 unspecified atom stereocenters. The van der Waals surface area contributed by atoms with Crippen molar-refractivity contribution in [2.24, 2.45) is 29.0 Å². The number of benzene rings is 2. The van der Waals surface area contributed by atoms with Gasteiger partial charge < -0.3 is 52.7 Å². The van der Waals surface area contributed by atoms with E-state index in [4.69, 9.17) is 37.6 Å². The average Bonchev–Trinajstić information content (AvgIpc) is 3.68. The number of hydrogen-bond donors (Lipinski definition) is 10. The molecule has 0 bridgehead atoms. The Kier molecular flexibility index (Phi) is 17.3. The van der Waals surface area contributed by atoms with Gasteiger partial charge in [0.2, 0.25) is 0 Å². The van der Waals surface area contributed by atoms with Crippen molar-refractivity contribution in [2.45, 2.75) is 77.4 Å². The van der Waals surface area contributed by atoms with Gasteiger partial charge in [0.15, 0.2) is 0 Å². The van der Waals surface area contributed by atoms with Crippen LogP contribution in [-0.2, 0) is 38.4 Å². The van der Waals surface area contributed by atoms with Gasteiger partial charge in [0.05, 0.1) is 12.3 Å². The number of H-pyrrole nitrogens is 2. The molecule has 0 aliphatic rings. The van der Waals surface area contributed by atoms with Crippen molar-refractivity contribution in [1.29, 1.82) is 0 Å². The molecule has 0 radical (unpaired) electrons. The summed E-state index contributed by atoms with van der Waals surface area (Å²) in [4.78, 5) is 52.1. The minimum atomic E-state index is -1.06. The molecule has 3 heterocycles. The largest absolute Gasteiger partial charge is 0.508 e. The molecule has 0 aliphatic carbocycles. The molecule has 0 saturated carbocycles. The Hall–Kier alpha value is -5.77. The summed E-state index contributed by atoms with van der Waals surface area (Å²) >= 11 is 0. The fraction of sp³-hybridized carbons (Fsp3) is 0.359. The highest BCUT2D eigenvalue weighted by atomic mass is 16.4. The van der Waals surface area contributed by atoms with E-state index in [9.17, 15) is 24.3 Å². The van der Waals surface area contributed by atoms with E-state index in [1.54, 1.807) is 43.7 Å². The molecule has 5 rings (SSSR count). The monoisotopic (exact) mass is 748 g/mol. The number of carboxylic acids is 4. The van der Waals surface area contributed by atoms with Gasteiger partial charge in [0, 0.05) is 59.1 Å². The highest BCUT2D eigenvalue weighted by Crippen LogP contribution is 2.24. The molecule has 0 spiro atoms. The van der Waals surface area contributed by atoms with Gasteiger partial charge in [0.1, 0.15) is 17.3 Å². The van der Waals surface area contributed by atoms with E-state index in [0.29, 0.717) is 25.2 Å². The van der Waals surface area contributed by atoms with Gasteiger partial charge in [-0.1, -0.05) is 45.0 Å². The van der Waals surface area contributed by atoms with Crippen LogP contribution in [0.2, 0.25) is 0 Å². The number of phenolic OH excluding ortho intramolecular Hbond substituents is 1. The van der Waals surface area contributed by atoms with E-state index >= 15 is 0 Å². The number of aromatic amines is 2. The number of rotatable bonds is 13. The SMILES string of the molecule is CC(C)C[C@](C)(N)C(=O)O.C[C@@H](Cc1cccnc1)C(=O)O.N[C@@H](Cc1c[nH]c2ccc(O)cc12)C(=O)O.N[C@H](CC(=O)O)Cc1c[nH]c2ccccc12. The van der Waals surface area contributed by atoms with Crippen molar-refractivity contribution in [3.05, 3.63) is 96.1 Å². The maximum Gasteiger partial charge on any atom is 0.323 e. The van der Waals surface area contributed by atoms with Gasteiger partial charge in [-0.2, -0.15) is 0 Å². The van der Waals surface area contributed by atoms with Crippen LogP contribution in [0.25, 0.3) is 21.8 Å². The summed E-state index contributed by atoms with van der Waals surface area (Å²) in [6.45, 7) is 7.13. The van der Waals surface area contributed by atoms with Crippen molar-refractivity contribution in [2.75, 3.05) is 0 Å². The quantitative estimate of drug-likeness (QED) is 0.0793. The Morgan fingerprint density at radius 1 is 0.796 bits per heavy atom. The number of nitrogens with two attached hydrogens (primary N) is 3. The normalized spacial score (nSPS) is 13.5. The number of aromatic nitrogens is 3. The molecular weight excluding hydrogens is 696 g/mol. The van der Waals surface area contributed by atoms with Crippen LogP contribution in [0, 0.1) is 11.8 Å². The molecule has 0 fully saturated rings. The van der Waals surface area contributed by atoms with E-state index in [-0.39, 0.29) is 30.6 Å². The molecule has 54 heavy (non-hydrogen) atoms. The lowest BCUT2D eigenvalue weighted by Gasteiger charge is -2.20. The van der Waals surface area contributed by atoms with Gasteiger partial charge in [-0.15, -0.1) is 0 Å². The van der Waals surface area contributed by atoms with E-state index in [0.717, 1.165) is 38.5 Å². The standard InChI is InChI=1S/C12H14N2O2.C11H12N2O3.C9H11NO2.C7H15NO2/c13-9(6-12(15)16)5-8-7-14-11-4-2-1-3-10(8)11;12-9(11(15)16)3-6-5-13-10-2-1-7(14)4-8(6)10;1-7(9(11)12)5-8-3-2-4-10-6-8;1-5(2)4-7(3,8)6(9)10/h1-4,7,9,14H,5-6,13H2,(H,15,16);1-2,4-5,9,13-14H,3,12H2,(H,15,16);2-4,6-7H,5H2,1H3,(H,11,12);5H,4,8H2,1-3H3,(H,9,10)/t2*9-;2*7-/m0000/s1. The third-order valence-corrected chi connectivity index (χ3v) is 8.11. The van der Waals surface area contributed by atoms with Gasteiger partial charge in [0.25, 0.3) is 0 Å². The summed E-state index contributed by atoms with van der Waals surface area (Å²) in [6, 6.07) is 15.2. The van der Waals surface area contributed by atoms with Crippen LogP contribution >= 0.6 is 0 Å². The first-order valence-corrected chi connectivity index (χ1v) is 17.2. The van der Waals surface area contributed by atoms with E-state index in [1.807, 2.05) is 56.4 Å². The number of phenols is 1. The number of nitrogens with zero attached hydrogens (tertiary/aromatic N) is 1. The highest BCUT2D eigenvalue weighted by Gasteiger charge is 2.28. The molecule has 13 N–H and O–H groups in total. The number of aromatic hydroxyl groups is 1. The van der Waals surface area contributed by atoms with Crippen LogP contribution in [0.3, 0.4) is 0 Å². The molecule has 5 aromatic rings. The number of carboxylic acid groups (broad SMARTS) is 4. The number of fused-ring (bicyclic) bond motifs is 2. The van der Waals surface area contributed by atoms with E-state index < -0.39 is 35.5 Å². The van der Waals surface area contributed by atoms with Gasteiger partial charge in [-0.25, -0.2) is 0 Å². The van der Waals surface area contributed by atoms with E-state index in [1.165, 1.54) is 6.92 Å². The minimum Gasteiger partial charge on any atom is -0.508 e. The predicted molar refractivity (Wildman–Crippen MR) is 206 cm³/mol. The van der Waals surface area contributed by atoms with Crippen LogP contribution < -0.4 is 17.2 Å². The number of pyridine rings is 1. The summed E-state index contributed by atoms with van der Waals surface area (Å²) in [6.07, 6.45) is 8.85. The number of carbonyl (C=O) groups is 4. The van der Waals surface area contributed by atoms with Crippen LogP contribution in [-0.4, -0.2) is 82.0 Å². The van der Waals surface area contributed by atoms with Crippen LogP contribution in [0.5, 0.6) is 5.75 Å². The van der Waals surface area contributed by atoms with Crippen molar-refractivity contribution in [3.8, 4) is 5.75 Å². The smallest absolute Gasteiger partial charge is 0.323 e. The average molecular weight is 749 g/mol. The lowest BCUT2D eigenvalue weighted by Crippen LogP contribution is -2.45. The lowest BCUT2D eigenvalue weighted by molar-refractivity contribution is -0.143. The molecule has 0 aliphatic heterocycles. The second-order valence-electron chi connectivity index (χ2n) is 13.7. The first-order chi connectivity index (χ1) is 25.3. The summed E-state index contributed by atoms with van der Waals surface area (Å²) < 4.78 is 0. The van der Waals surface area contributed by atoms with Crippen molar-refractivity contribution in [1.82, 2.24) is 15.0 Å². The van der Waals surface area contributed by atoms with Crippen LogP contribution in [0.4, 0.5) is 0 Å². The number of para-hydroxylation sites is 1. The van der Waals surface area contributed by atoms with Crippen molar-refractivity contribution >= 4 is 45.7 Å². The molecule has 4 atom stereocenters. The topological polar surface area (TPSA) is 292 Å². The third kappa shape index (κ3) is 15.1.